The number of hydrogen-bond donors (Lipinski definition) is 1. The summed E-state index contributed by atoms with van der Waals surface area (Å²) in [5.41, 5.74) is 0.399. The van der Waals surface area contributed by atoms with Gasteiger partial charge in [0.05, 0.1) is 19.9 Å². The van der Waals surface area contributed by atoms with Gasteiger partial charge in [0.2, 0.25) is 5.91 Å². The van der Waals surface area contributed by atoms with Crippen LogP contribution in [-0.2, 0) is 22.6 Å². The fourth-order valence-electron chi connectivity index (χ4n) is 6.67. The quantitative estimate of drug-likeness (QED) is 0.446. The van der Waals surface area contributed by atoms with Crippen molar-refractivity contribution < 1.29 is 23.9 Å². The van der Waals surface area contributed by atoms with E-state index in [1.807, 2.05) is 28.8 Å². The number of pyridine rings is 1. The molecule has 0 aliphatic carbocycles. The molecule has 6 rings (SSSR count). The van der Waals surface area contributed by atoms with Gasteiger partial charge in [0.25, 0.3) is 11.5 Å². The third-order valence-electron chi connectivity index (χ3n) is 8.53. The highest BCUT2D eigenvalue weighted by Crippen LogP contribution is 2.40. The van der Waals surface area contributed by atoms with E-state index in [4.69, 9.17) is 9.47 Å². The highest BCUT2D eigenvalue weighted by molar-refractivity contribution is 6.30. The number of amides is 4. The molecular weight excluding hydrogens is 524 g/mol. The third-order valence-corrected chi connectivity index (χ3v) is 8.53. The molecule has 41 heavy (non-hydrogen) atoms. The molecule has 3 aromatic rings. The van der Waals surface area contributed by atoms with E-state index in [1.165, 1.54) is 7.11 Å². The third kappa shape index (κ3) is 4.67. The van der Waals surface area contributed by atoms with E-state index in [0.29, 0.717) is 42.4 Å². The Morgan fingerprint density at radius 1 is 0.878 bits per heavy atom. The molecule has 3 atom stereocenters. The van der Waals surface area contributed by atoms with Crippen LogP contribution in [0.15, 0.2) is 71.5 Å². The topological polar surface area (TPSA) is 110 Å². The van der Waals surface area contributed by atoms with Crippen molar-refractivity contribution in [3.05, 3.63) is 88.3 Å². The van der Waals surface area contributed by atoms with Gasteiger partial charge in [0.1, 0.15) is 16.9 Å². The first kappa shape index (κ1) is 26.8. The minimum atomic E-state index is -1.61. The first-order chi connectivity index (χ1) is 19.8. The van der Waals surface area contributed by atoms with Crippen LogP contribution in [0, 0.1) is 11.3 Å². The van der Waals surface area contributed by atoms with Crippen LogP contribution in [-0.4, -0.2) is 61.2 Å². The SMILES string of the molecule is COc1ccc(N2C(=O)NC(=O)C(Cc3ccccc3OC)(CN3C[C@H]4C[C@H](C3)c3cccc(=O)n3C4)C2=O)cc1. The van der Waals surface area contributed by atoms with Gasteiger partial charge in [-0.25, -0.2) is 9.69 Å². The van der Waals surface area contributed by atoms with Crippen molar-refractivity contribution in [2.45, 2.75) is 25.3 Å². The molecular formula is C31H32N4O6. The smallest absolute Gasteiger partial charge is 0.335 e. The monoisotopic (exact) mass is 556 g/mol. The van der Waals surface area contributed by atoms with Gasteiger partial charge in [-0.05, 0) is 54.3 Å². The minimum absolute atomic E-state index is 0.00576. The molecule has 3 aliphatic rings. The van der Waals surface area contributed by atoms with Crippen LogP contribution in [0.5, 0.6) is 11.5 Å². The summed E-state index contributed by atoms with van der Waals surface area (Å²) in [5.74, 6) is 0.218. The molecule has 4 amide bonds. The normalized spacial score (nSPS) is 24.0. The molecule has 2 saturated heterocycles. The standard InChI is InChI=1S/C31H32N4O6/c1-40-24-12-10-23(11-13-24)35-29(38)31(28(37)32-30(35)39,15-21-6-3-4-8-26(21)41-2)19-33-16-20-14-22(18-33)25-7-5-9-27(36)34(25)17-20/h3-13,20,22H,14-19H2,1-2H3,(H,32,37,39)/t20-,22-,31?/m1/s1. The number of rotatable bonds is 7. The van der Waals surface area contributed by atoms with Crippen molar-refractivity contribution in [3.8, 4) is 11.5 Å². The summed E-state index contributed by atoms with van der Waals surface area (Å²) in [5, 5.41) is 2.48. The number of aromatic nitrogens is 1. The summed E-state index contributed by atoms with van der Waals surface area (Å²) < 4.78 is 12.7. The number of imide groups is 2. The molecule has 2 aromatic carbocycles. The van der Waals surface area contributed by atoms with Crippen molar-refractivity contribution in [2.24, 2.45) is 11.3 Å². The molecule has 3 aliphatic heterocycles. The number of likely N-dealkylation sites (tertiary alicyclic amines) is 1. The maximum Gasteiger partial charge on any atom is 0.335 e. The first-order valence-electron chi connectivity index (χ1n) is 13.7. The molecule has 1 aromatic heterocycles. The molecule has 10 heteroatoms. The summed E-state index contributed by atoms with van der Waals surface area (Å²) in [6.07, 6.45) is 0.986. The van der Waals surface area contributed by atoms with E-state index in [2.05, 4.69) is 10.2 Å². The summed E-state index contributed by atoms with van der Waals surface area (Å²) in [4.78, 5) is 57.2. The maximum atomic E-state index is 14.5. The lowest BCUT2D eigenvalue weighted by Crippen LogP contribution is -2.68. The van der Waals surface area contributed by atoms with Gasteiger partial charge in [0.15, 0.2) is 0 Å². The number of fused-ring (bicyclic) bond motifs is 4. The number of carbonyl (C=O) groups is 3. The molecule has 0 saturated carbocycles. The van der Waals surface area contributed by atoms with Crippen LogP contribution < -0.4 is 25.2 Å². The van der Waals surface area contributed by atoms with Crippen LogP contribution in [0.4, 0.5) is 10.5 Å². The molecule has 4 heterocycles. The summed E-state index contributed by atoms with van der Waals surface area (Å²) in [6.45, 7) is 1.92. The Morgan fingerprint density at radius 3 is 2.41 bits per heavy atom. The highest BCUT2D eigenvalue weighted by atomic mass is 16.5. The van der Waals surface area contributed by atoms with Crippen LogP contribution in [0.25, 0.3) is 0 Å². The predicted octanol–water partition coefficient (Wildman–Crippen LogP) is 2.80. The Bertz CT molecular complexity index is 1570. The molecule has 2 bridgehead atoms. The van der Waals surface area contributed by atoms with Crippen molar-refractivity contribution >= 4 is 23.5 Å². The number of barbiturate groups is 1. The average Bonchev–Trinajstić information content (AvgIpc) is 2.97. The number of hydrogen-bond acceptors (Lipinski definition) is 7. The predicted molar refractivity (Wildman–Crippen MR) is 151 cm³/mol. The second-order valence-electron chi connectivity index (χ2n) is 11.1. The highest BCUT2D eigenvalue weighted by Gasteiger charge is 2.56. The van der Waals surface area contributed by atoms with E-state index < -0.39 is 23.3 Å². The molecule has 212 valence electrons. The average molecular weight is 557 g/mol. The number of benzene rings is 2. The second-order valence-corrected chi connectivity index (χ2v) is 11.1. The molecule has 0 radical (unpaired) electrons. The van der Waals surface area contributed by atoms with Crippen LogP contribution in [0.1, 0.15) is 23.6 Å². The fourth-order valence-corrected chi connectivity index (χ4v) is 6.67. The van der Waals surface area contributed by atoms with Gasteiger partial charge in [-0.15, -0.1) is 0 Å². The van der Waals surface area contributed by atoms with Crippen molar-refractivity contribution in [3.63, 3.8) is 0 Å². The Hall–Kier alpha value is -4.44. The molecule has 1 N–H and O–H groups in total. The van der Waals surface area contributed by atoms with Gasteiger partial charge in [0, 0.05) is 50.3 Å². The molecule has 1 unspecified atom stereocenters. The number of para-hydroxylation sites is 1. The van der Waals surface area contributed by atoms with E-state index in [0.717, 1.165) is 17.0 Å². The van der Waals surface area contributed by atoms with Gasteiger partial charge >= 0.3 is 6.03 Å². The zero-order valence-electron chi connectivity index (χ0n) is 23.0. The van der Waals surface area contributed by atoms with Gasteiger partial charge in [-0.3, -0.25) is 19.7 Å². The van der Waals surface area contributed by atoms with Crippen LogP contribution in [0.2, 0.25) is 0 Å². The van der Waals surface area contributed by atoms with Crippen molar-refractivity contribution in [1.82, 2.24) is 14.8 Å². The Balaban J connectivity index is 1.39. The maximum absolute atomic E-state index is 14.5. The largest absolute Gasteiger partial charge is 0.497 e. The molecule has 10 nitrogen and oxygen atoms in total. The zero-order valence-corrected chi connectivity index (χ0v) is 23.0. The van der Waals surface area contributed by atoms with Gasteiger partial charge in [-0.2, -0.15) is 0 Å². The number of nitrogens with zero attached hydrogens (tertiary/aromatic N) is 3. The number of methoxy groups -OCH3 is 2. The minimum Gasteiger partial charge on any atom is -0.497 e. The molecule has 0 spiro atoms. The number of urea groups is 1. The van der Waals surface area contributed by atoms with Crippen molar-refractivity contribution in [2.75, 3.05) is 38.8 Å². The van der Waals surface area contributed by atoms with E-state index in [-0.39, 0.29) is 30.4 Å². The van der Waals surface area contributed by atoms with Gasteiger partial charge in [-0.1, -0.05) is 24.3 Å². The summed E-state index contributed by atoms with van der Waals surface area (Å²) in [7, 11) is 3.08. The first-order valence-corrected chi connectivity index (χ1v) is 13.7. The Morgan fingerprint density at radius 2 is 1.66 bits per heavy atom. The van der Waals surface area contributed by atoms with Gasteiger partial charge < -0.3 is 18.9 Å². The van der Waals surface area contributed by atoms with E-state index in [1.54, 1.807) is 49.6 Å². The van der Waals surface area contributed by atoms with E-state index in [9.17, 15) is 19.2 Å². The van der Waals surface area contributed by atoms with Crippen LogP contribution >= 0.6 is 0 Å². The Kier molecular flexibility index (Phi) is 6.86. The molecule has 2 fully saturated rings. The van der Waals surface area contributed by atoms with Crippen LogP contribution in [0.3, 0.4) is 0 Å². The lowest BCUT2D eigenvalue weighted by atomic mass is 9.75. The summed E-state index contributed by atoms with van der Waals surface area (Å²) in [6, 6.07) is 18.4. The number of piperidine rings is 1. The lowest BCUT2D eigenvalue weighted by Gasteiger charge is -2.47. The van der Waals surface area contributed by atoms with Crippen molar-refractivity contribution in [1.29, 1.82) is 0 Å². The summed E-state index contributed by atoms with van der Waals surface area (Å²) >= 11 is 0. The number of anilines is 1. The number of nitrogens with one attached hydrogen (secondary N) is 1. The Labute approximate surface area is 237 Å². The second kappa shape index (κ2) is 10.5. The van der Waals surface area contributed by atoms with E-state index >= 15 is 0 Å². The number of carbonyl (C=O) groups excluding carboxylic acids is 3. The fraction of sp³-hybridized carbons (Fsp3) is 0.355. The zero-order chi connectivity index (χ0) is 28.7. The number of ether oxygens (including phenoxy) is 2. The lowest BCUT2D eigenvalue weighted by molar-refractivity contribution is -0.144.